The second-order valence-corrected chi connectivity index (χ2v) is 7.04. The summed E-state index contributed by atoms with van der Waals surface area (Å²) in [5, 5.41) is 3.91. The molecule has 0 aliphatic heterocycles. The Morgan fingerprint density at radius 1 is 0.931 bits per heavy atom. The van der Waals surface area contributed by atoms with E-state index in [0.29, 0.717) is 16.7 Å². The molecule has 29 heavy (non-hydrogen) atoms. The van der Waals surface area contributed by atoms with Crippen molar-refractivity contribution < 1.29 is 4.74 Å². The number of aromatic amines is 1. The van der Waals surface area contributed by atoms with Gasteiger partial charge in [0.1, 0.15) is 11.6 Å². The fraction of sp³-hybridized carbons (Fsp3) is 0.136. The maximum absolute atomic E-state index is 6.33. The van der Waals surface area contributed by atoms with Gasteiger partial charge in [0.05, 0.1) is 24.1 Å². The Bertz CT molecular complexity index is 1170. The van der Waals surface area contributed by atoms with Crippen LogP contribution >= 0.6 is 11.6 Å². The number of anilines is 2. The lowest BCUT2D eigenvalue weighted by Crippen LogP contribution is -2.01. The molecule has 0 amide bonds. The third-order valence-corrected chi connectivity index (χ3v) is 4.75. The normalized spacial score (nSPS) is 10.8. The second kappa shape index (κ2) is 7.93. The Balaban J connectivity index is 1.67. The lowest BCUT2D eigenvalue weighted by atomic mass is 10.1. The summed E-state index contributed by atoms with van der Waals surface area (Å²) in [6.07, 6.45) is 1.86. The molecule has 4 aromatic rings. The van der Waals surface area contributed by atoms with Crippen LogP contribution in [0.4, 0.5) is 11.6 Å². The molecule has 0 saturated heterocycles. The molecule has 2 aromatic heterocycles. The Labute approximate surface area is 174 Å². The van der Waals surface area contributed by atoms with E-state index in [2.05, 4.69) is 25.3 Å². The van der Waals surface area contributed by atoms with Crippen LogP contribution in [0.25, 0.3) is 22.6 Å². The van der Waals surface area contributed by atoms with E-state index in [-0.39, 0.29) is 0 Å². The molecule has 0 radical (unpaired) electrons. The number of aryl methyl sites for hydroxylation is 2. The molecule has 7 heteroatoms. The van der Waals surface area contributed by atoms with Gasteiger partial charge in [-0.25, -0.2) is 15.0 Å². The number of nitrogens with zero attached hydrogens (tertiary/aromatic N) is 3. The zero-order chi connectivity index (χ0) is 20.4. The van der Waals surface area contributed by atoms with Crippen molar-refractivity contribution in [2.24, 2.45) is 0 Å². The predicted octanol–water partition coefficient (Wildman–Crippen LogP) is 5.56. The zero-order valence-corrected chi connectivity index (χ0v) is 17.1. The number of H-pyrrole nitrogens is 1. The SMILES string of the molecule is COc1cc(Nc2nc(C)cc(-c3ccccc3Cl)n2)ccc1-c1nc(C)c[nH]1. The second-order valence-electron chi connectivity index (χ2n) is 6.63. The molecular formula is C22H20ClN5O. The van der Waals surface area contributed by atoms with Gasteiger partial charge in [0.15, 0.2) is 0 Å². The minimum atomic E-state index is 0.489. The van der Waals surface area contributed by atoms with Gasteiger partial charge in [-0.3, -0.25) is 0 Å². The minimum Gasteiger partial charge on any atom is -0.496 e. The Morgan fingerprint density at radius 3 is 2.48 bits per heavy atom. The molecule has 146 valence electrons. The molecule has 4 rings (SSSR count). The summed E-state index contributed by atoms with van der Waals surface area (Å²) >= 11 is 6.33. The first-order chi connectivity index (χ1) is 14.0. The van der Waals surface area contributed by atoms with Gasteiger partial charge < -0.3 is 15.0 Å². The predicted molar refractivity (Wildman–Crippen MR) is 116 cm³/mol. The van der Waals surface area contributed by atoms with Gasteiger partial charge in [-0.05, 0) is 38.1 Å². The number of methoxy groups -OCH3 is 1. The van der Waals surface area contributed by atoms with Crippen molar-refractivity contribution in [3.05, 3.63) is 71.1 Å². The van der Waals surface area contributed by atoms with Crippen molar-refractivity contribution in [1.29, 1.82) is 0 Å². The van der Waals surface area contributed by atoms with E-state index in [4.69, 9.17) is 16.3 Å². The molecule has 6 nitrogen and oxygen atoms in total. The third kappa shape index (κ3) is 4.07. The fourth-order valence-corrected chi connectivity index (χ4v) is 3.31. The topological polar surface area (TPSA) is 75.7 Å². The van der Waals surface area contributed by atoms with E-state index >= 15 is 0 Å². The first-order valence-electron chi connectivity index (χ1n) is 9.11. The molecule has 0 spiro atoms. The van der Waals surface area contributed by atoms with Gasteiger partial charge in [0.25, 0.3) is 0 Å². The van der Waals surface area contributed by atoms with E-state index in [0.717, 1.165) is 39.7 Å². The molecule has 0 aliphatic rings. The standard InChI is InChI=1S/C22H20ClN5O/c1-13-10-19(16-6-4-5-7-18(16)23)28-22(26-13)27-15-8-9-17(20(11-15)29-3)21-24-12-14(2)25-21/h4-12H,1-3H3,(H,24,25)(H,26,27,28). The number of aromatic nitrogens is 4. The molecule has 0 atom stereocenters. The van der Waals surface area contributed by atoms with Gasteiger partial charge in [-0.2, -0.15) is 0 Å². The Kier molecular flexibility index (Phi) is 5.18. The smallest absolute Gasteiger partial charge is 0.227 e. The molecule has 0 aliphatic carbocycles. The van der Waals surface area contributed by atoms with Crippen molar-refractivity contribution in [3.63, 3.8) is 0 Å². The van der Waals surface area contributed by atoms with E-state index in [9.17, 15) is 0 Å². The quantitative estimate of drug-likeness (QED) is 0.454. The monoisotopic (exact) mass is 405 g/mol. The van der Waals surface area contributed by atoms with Crippen LogP contribution < -0.4 is 10.1 Å². The summed E-state index contributed by atoms with van der Waals surface area (Å²) in [5.41, 5.74) is 5.08. The molecule has 2 aromatic carbocycles. The molecule has 0 unspecified atom stereocenters. The van der Waals surface area contributed by atoms with E-state index < -0.39 is 0 Å². The van der Waals surface area contributed by atoms with Crippen LogP contribution in [0.5, 0.6) is 5.75 Å². The van der Waals surface area contributed by atoms with Crippen molar-refractivity contribution in [3.8, 4) is 28.4 Å². The summed E-state index contributed by atoms with van der Waals surface area (Å²) in [4.78, 5) is 16.8. The third-order valence-electron chi connectivity index (χ3n) is 4.42. The molecule has 2 heterocycles. The number of imidazole rings is 1. The fourth-order valence-electron chi connectivity index (χ4n) is 3.08. The van der Waals surface area contributed by atoms with Crippen LogP contribution in [0.1, 0.15) is 11.4 Å². The number of hydrogen-bond donors (Lipinski definition) is 2. The molecule has 2 N–H and O–H groups in total. The summed E-state index contributed by atoms with van der Waals surface area (Å²) in [6.45, 7) is 3.87. The Hall–Kier alpha value is -3.38. The van der Waals surface area contributed by atoms with Crippen LogP contribution in [-0.2, 0) is 0 Å². The van der Waals surface area contributed by atoms with Crippen LogP contribution in [0, 0.1) is 13.8 Å². The van der Waals surface area contributed by atoms with Crippen molar-refractivity contribution in [2.75, 3.05) is 12.4 Å². The number of halogens is 1. The summed E-state index contributed by atoms with van der Waals surface area (Å²) in [6, 6.07) is 15.3. The van der Waals surface area contributed by atoms with Gasteiger partial charge in [-0.1, -0.05) is 29.8 Å². The lowest BCUT2D eigenvalue weighted by molar-refractivity contribution is 0.416. The number of nitrogens with one attached hydrogen (secondary N) is 2. The highest BCUT2D eigenvalue weighted by Gasteiger charge is 2.12. The maximum atomic E-state index is 6.33. The van der Waals surface area contributed by atoms with Gasteiger partial charge in [0, 0.05) is 34.2 Å². The number of hydrogen-bond acceptors (Lipinski definition) is 5. The first-order valence-corrected chi connectivity index (χ1v) is 9.49. The zero-order valence-electron chi connectivity index (χ0n) is 16.3. The van der Waals surface area contributed by atoms with E-state index in [1.165, 1.54) is 0 Å². The van der Waals surface area contributed by atoms with Crippen LogP contribution in [0.2, 0.25) is 5.02 Å². The van der Waals surface area contributed by atoms with Crippen molar-refractivity contribution in [2.45, 2.75) is 13.8 Å². The highest BCUT2D eigenvalue weighted by atomic mass is 35.5. The van der Waals surface area contributed by atoms with Crippen molar-refractivity contribution >= 4 is 23.2 Å². The van der Waals surface area contributed by atoms with E-state index in [1.807, 2.05) is 68.6 Å². The number of rotatable bonds is 5. The van der Waals surface area contributed by atoms with Crippen LogP contribution in [0.15, 0.2) is 54.7 Å². The first kappa shape index (κ1) is 19.0. The highest BCUT2D eigenvalue weighted by Crippen LogP contribution is 2.32. The van der Waals surface area contributed by atoms with Crippen LogP contribution in [-0.4, -0.2) is 27.0 Å². The summed E-state index contributed by atoms with van der Waals surface area (Å²) in [5.74, 6) is 1.95. The Morgan fingerprint density at radius 2 is 1.76 bits per heavy atom. The molecule has 0 fully saturated rings. The average molecular weight is 406 g/mol. The van der Waals surface area contributed by atoms with Gasteiger partial charge >= 0.3 is 0 Å². The lowest BCUT2D eigenvalue weighted by Gasteiger charge is -2.12. The van der Waals surface area contributed by atoms with Crippen molar-refractivity contribution in [1.82, 2.24) is 19.9 Å². The van der Waals surface area contributed by atoms with Gasteiger partial charge in [0.2, 0.25) is 5.95 Å². The largest absolute Gasteiger partial charge is 0.496 e. The van der Waals surface area contributed by atoms with Crippen LogP contribution in [0.3, 0.4) is 0 Å². The van der Waals surface area contributed by atoms with Gasteiger partial charge in [-0.15, -0.1) is 0 Å². The minimum absolute atomic E-state index is 0.489. The highest BCUT2D eigenvalue weighted by molar-refractivity contribution is 6.33. The maximum Gasteiger partial charge on any atom is 0.227 e. The average Bonchev–Trinajstić information content (AvgIpc) is 3.14. The summed E-state index contributed by atoms with van der Waals surface area (Å²) in [7, 11) is 1.64. The summed E-state index contributed by atoms with van der Waals surface area (Å²) < 4.78 is 5.56. The number of ether oxygens (including phenoxy) is 1. The molecular weight excluding hydrogens is 386 g/mol. The molecule has 0 bridgehead atoms. The number of benzene rings is 2. The molecule has 0 saturated carbocycles. The van der Waals surface area contributed by atoms with E-state index in [1.54, 1.807) is 7.11 Å².